The lowest BCUT2D eigenvalue weighted by Crippen LogP contribution is -2.24. The maximum atomic E-state index is 12.3. The Kier molecular flexibility index (Phi) is 4.38. The quantitative estimate of drug-likeness (QED) is 0.776. The Morgan fingerprint density at radius 1 is 1.35 bits per heavy atom. The van der Waals surface area contributed by atoms with Gasteiger partial charge in [0.15, 0.2) is 0 Å². The average molecular weight is 315 g/mol. The molecule has 1 aliphatic heterocycles. The fourth-order valence-electron chi connectivity index (χ4n) is 2.59. The highest BCUT2D eigenvalue weighted by Gasteiger charge is 2.25. The molecule has 1 aromatic heterocycles. The summed E-state index contributed by atoms with van der Waals surface area (Å²) in [6, 6.07) is 6.40. The van der Waals surface area contributed by atoms with Crippen LogP contribution in [-0.4, -0.2) is 40.4 Å². The van der Waals surface area contributed by atoms with Crippen molar-refractivity contribution in [3.63, 3.8) is 0 Å². The smallest absolute Gasteiger partial charge is 0.335 e. The number of carbonyl (C=O) groups is 2. The average Bonchev–Trinajstić information content (AvgIpc) is 3.23. The number of nitrogens with one attached hydrogen (secondary N) is 2. The van der Waals surface area contributed by atoms with Gasteiger partial charge < -0.3 is 15.2 Å². The van der Waals surface area contributed by atoms with Crippen molar-refractivity contribution in [2.45, 2.75) is 18.9 Å². The summed E-state index contributed by atoms with van der Waals surface area (Å²) < 4.78 is 5.35. The number of hydrogen-bond donors (Lipinski definition) is 3. The number of hydrogen-bond acceptors (Lipinski definition) is 4. The second-order valence-corrected chi connectivity index (χ2v) is 5.44. The molecule has 7 nitrogen and oxygen atoms in total. The van der Waals surface area contributed by atoms with Gasteiger partial charge in [-0.2, -0.15) is 5.10 Å². The van der Waals surface area contributed by atoms with Crippen LogP contribution >= 0.6 is 0 Å². The summed E-state index contributed by atoms with van der Waals surface area (Å²) in [7, 11) is 0. The minimum Gasteiger partial charge on any atom is -0.478 e. The van der Waals surface area contributed by atoms with Gasteiger partial charge in [-0.25, -0.2) is 4.79 Å². The first-order chi connectivity index (χ1) is 11.1. The number of carboxylic acids is 1. The molecule has 120 valence electrons. The number of ether oxygens (including phenoxy) is 1. The van der Waals surface area contributed by atoms with E-state index in [9.17, 15) is 9.59 Å². The van der Waals surface area contributed by atoms with Crippen molar-refractivity contribution in [3.8, 4) is 0 Å². The number of aromatic carboxylic acids is 1. The molecule has 0 radical (unpaired) electrons. The zero-order chi connectivity index (χ0) is 16.2. The Bertz CT molecular complexity index is 702. The minimum atomic E-state index is -0.970. The van der Waals surface area contributed by atoms with Gasteiger partial charge in [-0.15, -0.1) is 0 Å². The van der Waals surface area contributed by atoms with Crippen LogP contribution in [0.2, 0.25) is 0 Å². The molecule has 1 aromatic carbocycles. The molecule has 3 N–H and O–H groups in total. The van der Waals surface area contributed by atoms with Crippen LogP contribution in [0.5, 0.6) is 0 Å². The van der Waals surface area contributed by atoms with Crippen LogP contribution in [-0.2, 0) is 11.3 Å². The first-order valence-corrected chi connectivity index (χ1v) is 7.36. The number of aromatic nitrogens is 2. The fourth-order valence-corrected chi connectivity index (χ4v) is 2.59. The zero-order valence-corrected chi connectivity index (χ0v) is 12.4. The first-order valence-electron chi connectivity index (χ1n) is 7.36. The number of amides is 1. The fraction of sp³-hybridized carbons (Fsp3) is 0.312. The van der Waals surface area contributed by atoms with E-state index in [1.807, 2.05) is 0 Å². The maximum Gasteiger partial charge on any atom is 0.335 e. The number of nitrogens with zero attached hydrogens (tertiary/aromatic N) is 1. The summed E-state index contributed by atoms with van der Waals surface area (Å²) in [5, 5.41) is 18.5. The summed E-state index contributed by atoms with van der Waals surface area (Å²) >= 11 is 0. The maximum absolute atomic E-state index is 12.3. The number of rotatable bonds is 5. The molecule has 23 heavy (non-hydrogen) atoms. The minimum absolute atomic E-state index is 0.174. The monoisotopic (exact) mass is 315 g/mol. The molecule has 2 heterocycles. The van der Waals surface area contributed by atoms with E-state index in [1.54, 1.807) is 12.1 Å². The van der Waals surface area contributed by atoms with E-state index in [2.05, 4.69) is 15.5 Å². The van der Waals surface area contributed by atoms with Gasteiger partial charge in [-0.05, 0) is 24.1 Å². The number of benzene rings is 1. The van der Waals surface area contributed by atoms with E-state index in [4.69, 9.17) is 9.84 Å². The molecule has 2 aromatic rings. The molecule has 1 saturated heterocycles. The molecule has 7 heteroatoms. The van der Waals surface area contributed by atoms with Gasteiger partial charge in [0.2, 0.25) is 0 Å². The Morgan fingerprint density at radius 3 is 2.78 bits per heavy atom. The Hall–Kier alpha value is -2.67. The third-order valence-corrected chi connectivity index (χ3v) is 3.91. The van der Waals surface area contributed by atoms with Crippen LogP contribution in [0, 0.1) is 0 Å². The second kappa shape index (κ2) is 6.62. The lowest BCUT2D eigenvalue weighted by atomic mass is 10.0. The summed E-state index contributed by atoms with van der Waals surface area (Å²) in [5.74, 6) is -1.00. The Labute approximate surface area is 132 Å². The van der Waals surface area contributed by atoms with Gasteiger partial charge in [-0.3, -0.25) is 9.89 Å². The van der Waals surface area contributed by atoms with E-state index < -0.39 is 5.97 Å². The molecule has 0 aliphatic carbocycles. The van der Waals surface area contributed by atoms with Crippen LogP contribution in [0.25, 0.3) is 0 Å². The number of H-pyrrole nitrogens is 1. The van der Waals surface area contributed by atoms with Crippen molar-refractivity contribution in [1.82, 2.24) is 15.5 Å². The van der Waals surface area contributed by atoms with Crippen molar-refractivity contribution >= 4 is 11.9 Å². The topological polar surface area (TPSA) is 104 Å². The van der Waals surface area contributed by atoms with E-state index in [0.29, 0.717) is 25.3 Å². The van der Waals surface area contributed by atoms with Crippen LogP contribution in [0.1, 0.15) is 44.3 Å². The molecule has 0 bridgehead atoms. The number of aromatic amines is 1. The largest absolute Gasteiger partial charge is 0.478 e. The van der Waals surface area contributed by atoms with Gasteiger partial charge in [0, 0.05) is 19.1 Å². The van der Waals surface area contributed by atoms with Gasteiger partial charge >= 0.3 is 5.97 Å². The van der Waals surface area contributed by atoms with E-state index >= 15 is 0 Å². The first kappa shape index (κ1) is 15.2. The molecule has 1 unspecified atom stereocenters. The van der Waals surface area contributed by atoms with Crippen molar-refractivity contribution in [2.24, 2.45) is 0 Å². The number of carbonyl (C=O) groups excluding carboxylic acids is 1. The lowest BCUT2D eigenvalue weighted by molar-refractivity contribution is 0.0696. The lowest BCUT2D eigenvalue weighted by Gasteiger charge is -2.09. The van der Waals surface area contributed by atoms with Gasteiger partial charge in [0.25, 0.3) is 5.91 Å². The molecule has 0 spiro atoms. The van der Waals surface area contributed by atoms with Crippen molar-refractivity contribution in [2.75, 3.05) is 13.2 Å². The Balaban J connectivity index is 1.63. The highest BCUT2D eigenvalue weighted by Crippen LogP contribution is 2.26. The summed E-state index contributed by atoms with van der Waals surface area (Å²) in [5.41, 5.74) is 2.39. The zero-order valence-electron chi connectivity index (χ0n) is 12.4. The van der Waals surface area contributed by atoms with Crippen molar-refractivity contribution < 1.29 is 19.4 Å². The van der Waals surface area contributed by atoms with Crippen molar-refractivity contribution in [3.05, 3.63) is 52.8 Å². The van der Waals surface area contributed by atoms with Crippen LogP contribution in [0.4, 0.5) is 0 Å². The highest BCUT2D eigenvalue weighted by atomic mass is 16.5. The Morgan fingerprint density at radius 2 is 2.13 bits per heavy atom. The predicted octanol–water partition coefficient (Wildman–Crippen LogP) is 1.54. The normalized spacial score (nSPS) is 17.1. The summed E-state index contributed by atoms with van der Waals surface area (Å²) in [6.07, 6.45) is 2.40. The second-order valence-electron chi connectivity index (χ2n) is 5.44. The van der Waals surface area contributed by atoms with Crippen LogP contribution < -0.4 is 5.32 Å². The molecular weight excluding hydrogens is 298 g/mol. The third-order valence-electron chi connectivity index (χ3n) is 3.91. The van der Waals surface area contributed by atoms with E-state index in [0.717, 1.165) is 17.7 Å². The number of carboxylic acid groups (broad SMARTS) is 1. The van der Waals surface area contributed by atoms with Gasteiger partial charge in [-0.1, -0.05) is 12.1 Å². The molecule has 1 aliphatic rings. The van der Waals surface area contributed by atoms with E-state index in [-0.39, 0.29) is 17.4 Å². The van der Waals surface area contributed by atoms with Gasteiger partial charge in [0.1, 0.15) is 0 Å². The molecule has 1 amide bonds. The van der Waals surface area contributed by atoms with Gasteiger partial charge in [0.05, 0.1) is 29.6 Å². The summed E-state index contributed by atoms with van der Waals surface area (Å²) in [6.45, 7) is 1.62. The standard InChI is InChI=1S/C16H17N3O4/c20-15(13-8-18-19-14(13)12-5-6-23-9-12)17-7-10-1-3-11(4-2-10)16(21)22/h1-4,8,12H,5-7,9H2,(H,17,20)(H,18,19)(H,21,22). The van der Waals surface area contributed by atoms with Crippen molar-refractivity contribution in [1.29, 1.82) is 0 Å². The third kappa shape index (κ3) is 3.40. The predicted molar refractivity (Wildman–Crippen MR) is 81.3 cm³/mol. The van der Waals surface area contributed by atoms with Crippen LogP contribution in [0.3, 0.4) is 0 Å². The highest BCUT2D eigenvalue weighted by molar-refractivity contribution is 5.95. The van der Waals surface area contributed by atoms with Crippen LogP contribution in [0.15, 0.2) is 30.5 Å². The van der Waals surface area contributed by atoms with E-state index in [1.165, 1.54) is 18.3 Å². The molecule has 3 rings (SSSR count). The molecule has 0 saturated carbocycles. The molecular formula is C16H17N3O4. The molecule has 1 atom stereocenters. The SMILES string of the molecule is O=C(O)c1ccc(CNC(=O)c2cn[nH]c2C2CCOC2)cc1. The summed E-state index contributed by atoms with van der Waals surface area (Å²) in [4.78, 5) is 23.1. The molecule has 1 fully saturated rings.